The number of ketones is 1. The minimum Gasteiger partial charge on any atom is -0.494 e. The number of benzene rings is 1. The van der Waals surface area contributed by atoms with Gasteiger partial charge >= 0.3 is 0 Å². The Morgan fingerprint density at radius 1 is 1.10 bits per heavy atom. The average Bonchev–Trinajstić information content (AvgIpc) is 2.45. The van der Waals surface area contributed by atoms with Crippen LogP contribution in [0.3, 0.4) is 0 Å². The number of aromatic hydroxyl groups is 1. The fourth-order valence-corrected chi connectivity index (χ4v) is 2.34. The van der Waals surface area contributed by atoms with E-state index in [-0.39, 0.29) is 22.0 Å². The molecule has 0 amide bonds. The van der Waals surface area contributed by atoms with Crippen LogP contribution in [0.4, 0.5) is 0 Å². The van der Waals surface area contributed by atoms with Crippen molar-refractivity contribution in [1.29, 1.82) is 0 Å². The summed E-state index contributed by atoms with van der Waals surface area (Å²) in [5, 5.41) is 9.76. The molecule has 0 unspecified atom stereocenters. The van der Waals surface area contributed by atoms with Crippen molar-refractivity contribution in [3.05, 3.63) is 67.7 Å². The second-order valence-corrected chi connectivity index (χ2v) is 4.93. The van der Waals surface area contributed by atoms with Crippen LogP contribution >= 0.6 is 12.2 Å². The molecular weight excluding hydrogens is 288 g/mol. The van der Waals surface area contributed by atoms with Crippen molar-refractivity contribution < 1.29 is 9.90 Å². The van der Waals surface area contributed by atoms with Gasteiger partial charge in [0.05, 0.1) is 0 Å². The molecule has 0 aliphatic heterocycles. The fourth-order valence-electron chi connectivity index (χ4n) is 2.15. The van der Waals surface area contributed by atoms with Crippen LogP contribution in [0, 0.1) is 4.77 Å². The van der Waals surface area contributed by atoms with Gasteiger partial charge in [-0.2, -0.15) is 0 Å². The summed E-state index contributed by atoms with van der Waals surface area (Å²) in [4.78, 5) is 29.0. The topological polar surface area (TPSA) is 85.9 Å². The Labute approximate surface area is 124 Å². The number of carbonyl (C=O) groups is 1. The molecule has 104 valence electrons. The van der Waals surface area contributed by atoms with Gasteiger partial charge in [-0.25, -0.2) is 0 Å². The predicted molar refractivity (Wildman–Crippen MR) is 81.7 cm³/mol. The molecule has 21 heavy (non-hydrogen) atoms. The molecule has 5 nitrogen and oxygen atoms in total. The highest BCUT2D eigenvalue weighted by Crippen LogP contribution is 2.24. The first-order valence-electron chi connectivity index (χ1n) is 6.15. The van der Waals surface area contributed by atoms with Crippen molar-refractivity contribution in [2.75, 3.05) is 0 Å². The molecule has 0 saturated heterocycles. The van der Waals surface area contributed by atoms with Gasteiger partial charge < -0.3 is 10.1 Å². The highest BCUT2D eigenvalue weighted by atomic mass is 32.1. The SMILES string of the molecule is O=C1C(=Cc2c(O)[nH]c(=S)[nH]c2=O)C=Cc2ccccc21. The molecule has 0 spiro atoms. The Hall–Kier alpha value is -2.73. The Morgan fingerprint density at radius 3 is 2.62 bits per heavy atom. The van der Waals surface area contributed by atoms with Crippen LogP contribution in [-0.2, 0) is 0 Å². The van der Waals surface area contributed by atoms with Crippen LogP contribution in [0.2, 0.25) is 0 Å². The van der Waals surface area contributed by atoms with Crippen LogP contribution in [0.15, 0.2) is 40.7 Å². The number of H-pyrrole nitrogens is 2. The fraction of sp³-hybridized carbons (Fsp3) is 0. The summed E-state index contributed by atoms with van der Waals surface area (Å²) in [6.45, 7) is 0. The van der Waals surface area contributed by atoms with Gasteiger partial charge in [-0.3, -0.25) is 14.6 Å². The maximum absolute atomic E-state index is 12.4. The lowest BCUT2D eigenvalue weighted by molar-refractivity contribution is 0.103. The largest absolute Gasteiger partial charge is 0.494 e. The zero-order valence-electron chi connectivity index (χ0n) is 10.7. The van der Waals surface area contributed by atoms with Crippen LogP contribution < -0.4 is 5.56 Å². The van der Waals surface area contributed by atoms with E-state index in [9.17, 15) is 14.7 Å². The molecule has 0 saturated carbocycles. The van der Waals surface area contributed by atoms with Crippen LogP contribution in [-0.4, -0.2) is 20.9 Å². The molecule has 3 N–H and O–H groups in total. The quantitative estimate of drug-likeness (QED) is 0.557. The third-order valence-corrected chi connectivity index (χ3v) is 3.37. The van der Waals surface area contributed by atoms with Crippen molar-refractivity contribution in [2.24, 2.45) is 0 Å². The van der Waals surface area contributed by atoms with E-state index >= 15 is 0 Å². The standard InChI is InChI=1S/C15H10N2O3S/c18-12-9(6-5-8-3-1-2-4-10(8)12)7-11-13(19)16-15(21)17-14(11)20/h1-7H,(H3,16,17,19,20,21). The number of hydrogen-bond acceptors (Lipinski definition) is 4. The van der Waals surface area contributed by atoms with Crippen molar-refractivity contribution in [3.8, 4) is 5.88 Å². The number of allylic oxidation sites excluding steroid dienone is 2. The van der Waals surface area contributed by atoms with Gasteiger partial charge in [-0.1, -0.05) is 36.4 Å². The summed E-state index contributed by atoms with van der Waals surface area (Å²) >= 11 is 4.75. The smallest absolute Gasteiger partial charge is 0.262 e. The number of aromatic amines is 2. The van der Waals surface area contributed by atoms with Gasteiger partial charge in [0, 0.05) is 11.1 Å². The molecule has 0 bridgehead atoms. The summed E-state index contributed by atoms with van der Waals surface area (Å²) in [6.07, 6.45) is 4.75. The van der Waals surface area contributed by atoms with Crippen molar-refractivity contribution >= 4 is 30.2 Å². The van der Waals surface area contributed by atoms with E-state index < -0.39 is 5.56 Å². The highest BCUT2D eigenvalue weighted by Gasteiger charge is 2.18. The number of aromatic nitrogens is 2. The lowest BCUT2D eigenvalue weighted by Crippen LogP contribution is -2.13. The number of fused-ring (bicyclic) bond motifs is 1. The Morgan fingerprint density at radius 2 is 1.86 bits per heavy atom. The zero-order chi connectivity index (χ0) is 15.0. The first kappa shape index (κ1) is 13.3. The summed E-state index contributed by atoms with van der Waals surface area (Å²) in [5.41, 5.74) is 1.12. The van der Waals surface area contributed by atoms with Gasteiger partial charge in [0.15, 0.2) is 10.6 Å². The van der Waals surface area contributed by atoms with Crippen LogP contribution in [0.5, 0.6) is 5.88 Å². The molecule has 1 heterocycles. The van der Waals surface area contributed by atoms with E-state index in [2.05, 4.69) is 9.97 Å². The normalized spacial score (nSPS) is 15.2. The monoisotopic (exact) mass is 298 g/mol. The minimum atomic E-state index is -0.552. The van der Waals surface area contributed by atoms with Gasteiger partial charge in [-0.05, 0) is 23.9 Å². The van der Waals surface area contributed by atoms with E-state index in [0.717, 1.165) is 5.56 Å². The predicted octanol–water partition coefficient (Wildman–Crippen LogP) is 2.43. The van der Waals surface area contributed by atoms with Gasteiger partial charge in [0.2, 0.25) is 5.88 Å². The molecule has 1 aliphatic carbocycles. The first-order chi connectivity index (χ1) is 10.1. The average molecular weight is 298 g/mol. The summed E-state index contributed by atoms with van der Waals surface area (Å²) in [5.74, 6) is -0.564. The van der Waals surface area contributed by atoms with E-state index in [4.69, 9.17) is 12.2 Å². The van der Waals surface area contributed by atoms with E-state index in [0.29, 0.717) is 11.1 Å². The van der Waals surface area contributed by atoms with Gasteiger partial charge in [0.1, 0.15) is 5.56 Å². The summed E-state index contributed by atoms with van der Waals surface area (Å²) in [6, 6.07) is 7.18. The molecule has 6 heteroatoms. The number of Topliss-reactive ketones (excluding diaryl/α,β-unsaturated/α-hetero) is 1. The molecule has 1 aromatic heterocycles. The molecule has 0 atom stereocenters. The summed E-state index contributed by atoms with van der Waals surface area (Å²) < 4.78 is 0.0236. The third-order valence-electron chi connectivity index (χ3n) is 3.17. The molecule has 0 radical (unpaired) electrons. The second-order valence-electron chi connectivity index (χ2n) is 4.52. The van der Waals surface area contributed by atoms with Crippen LogP contribution in [0.1, 0.15) is 21.5 Å². The molecule has 1 aliphatic rings. The maximum Gasteiger partial charge on any atom is 0.262 e. The number of carbonyl (C=O) groups excluding carboxylic acids is 1. The van der Waals surface area contributed by atoms with Gasteiger partial charge in [-0.15, -0.1) is 0 Å². The van der Waals surface area contributed by atoms with Crippen LogP contribution in [0.25, 0.3) is 12.2 Å². The molecule has 3 rings (SSSR count). The van der Waals surface area contributed by atoms with Crippen molar-refractivity contribution in [2.45, 2.75) is 0 Å². The van der Waals surface area contributed by atoms with Crippen molar-refractivity contribution in [3.63, 3.8) is 0 Å². The van der Waals surface area contributed by atoms with Crippen molar-refractivity contribution in [1.82, 2.24) is 9.97 Å². The minimum absolute atomic E-state index is 0.0236. The summed E-state index contributed by atoms with van der Waals surface area (Å²) in [7, 11) is 0. The Balaban J connectivity index is 2.14. The third kappa shape index (κ3) is 2.36. The Bertz CT molecular complexity index is 919. The number of nitrogens with one attached hydrogen (secondary N) is 2. The number of rotatable bonds is 1. The zero-order valence-corrected chi connectivity index (χ0v) is 11.5. The van der Waals surface area contributed by atoms with E-state index in [1.165, 1.54) is 6.08 Å². The van der Waals surface area contributed by atoms with E-state index in [1.54, 1.807) is 24.3 Å². The van der Waals surface area contributed by atoms with Gasteiger partial charge in [0.25, 0.3) is 5.56 Å². The molecule has 0 fully saturated rings. The molecule has 1 aromatic carbocycles. The highest BCUT2D eigenvalue weighted by molar-refractivity contribution is 7.71. The second kappa shape index (κ2) is 4.99. The lowest BCUT2D eigenvalue weighted by atomic mass is 9.92. The van der Waals surface area contributed by atoms with E-state index in [1.807, 2.05) is 12.1 Å². The Kier molecular flexibility index (Phi) is 3.15. The molecule has 2 aromatic rings. The maximum atomic E-state index is 12.4. The number of hydrogen-bond donors (Lipinski definition) is 3. The molecular formula is C15H10N2O3S. The first-order valence-corrected chi connectivity index (χ1v) is 6.56. The lowest BCUT2D eigenvalue weighted by Gasteiger charge is -2.11.